The first-order chi connectivity index (χ1) is 14.2. The Labute approximate surface area is 176 Å². The van der Waals surface area contributed by atoms with Gasteiger partial charge in [-0.1, -0.05) is 6.07 Å². The Kier molecular flexibility index (Phi) is 5.03. The summed E-state index contributed by atoms with van der Waals surface area (Å²) >= 11 is 3.14. The van der Waals surface area contributed by atoms with Gasteiger partial charge in [0.05, 0.1) is 23.2 Å². The summed E-state index contributed by atoms with van der Waals surface area (Å²) in [5.41, 5.74) is 0.520. The van der Waals surface area contributed by atoms with Crippen LogP contribution in [0.1, 0.15) is 23.3 Å². The molecular weight excluding hydrogens is 406 g/mol. The van der Waals surface area contributed by atoms with Crippen LogP contribution in [0.2, 0.25) is 0 Å². The van der Waals surface area contributed by atoms with Crippen molar-refractivity contribution >= 4 is 34.4 Å². The number of hydrogen-bond donors (Lipinski definition) is 2. The van der Waals surface area contributed by atoms with Crippen LogP contribution in [-0.2, 0) is 0 Å². The third-order valence-electron chi connectivity index (χ3n) is 5.78. The highest BCUT2D eigenvalue weighted by Crippen LogP contribution is 2.38. The molecular formula is C20H21N5O2S2. The molecule has 1 aliphatic carbocycles. The Morgan fingerprint density at radius 3 is 2.83 bits per heavy atom. The minimum atomic E-state index is -0.460. The number of anilines is 1. The number of carbonyl (C=O) groups is 1. The van der Waals surface area contributed by atoms with Crippen molar-refractivity contribution in [1.29, 1.82) is 0 Å². The second-order valence-corrected chi connectivity index (χ2v) is 9.43. The molecule has 1 saturated heterocycles. The number of carbonyl (C=O) groups excluding carboxylic acids is 1. The van der Waals surface area contributed by atoms with E-state index < -0.39 is 6.10 Å². The molecule has 3 aromatic heterocycles. The monoisotopic (exact) mass is 427 g/mol. The van der Waals surface area contributed by atoms with Crippen LogP contribution >= 0.6 is 22.7 Å². The summed E-state index contributed by atoms with van der Waals surface area (Å²) in [4.78, 5) is 28.9. The molecule has 1 amide bonds. The molecule has 0 spiro atoms. The molecule has 9 heteroatoms. The summed E-state index contributed by atoms with van der Waals surface area (Å²) in [6, 6.07) is 3.94. The number of likely N-dealkylation sites (tertiary alicyclic amines) is 1. The van der Waals surface area contributed by atoms with Crippen LogP contribution in [-0.4, -0.2) is 56.1 Å². The number of nitrogens with zero attached hydrogens (tertiary/aromatic N) is 4. The summed E-state index contributed by atoms with van der Waals surface area (Å²) in [6.07, 6.45) is 5.96. The maximum atomic E-state index is 13.0. The Hall–Kier alpha value is -2.36. The number of aromatic nitrogens is 3. The maximum absolute atomic E-state index is 13.0. The fraction of sp³-hybridized carbons (Fsp3) is 0.400. The molecule has 0 radical (unpaired) electrons. The van der Waals surface area contributed by atoms with Gasteiger partial charge >= 0.3 is 0 Å². The van der Waals surface area contributed by atoms with Gasteiger partial charge in [0.15, 0.2) is 0 Å². The first-order valence-electron chi connectivity index (χ1n) is 9.66. The van der Waals surface area contributed by atoms with Gasteiger partial charge in [-0.2, -0.15) is 0 Å². The third kappa shape index (κ3) is 3.77. The predicted octanol–water partition coefficient (Wildman–Crippen LogP) is 2.99. The lowest BCUT2D eigenvalue weighted by Crippen LogP contribution is -2.43. The normalized spacial score (nSPS) is 26.3. The molecule has 2 fully saturated rings. The summed E-state index contributed by atoms with van der Waals surface area (Å²) in [5, 5.41) is 18.7. The predicted molar refractivity (Wildman–Crippen MR) is 113 cm³/mol. The number of thiophene rings is 1. The Bertz CT molecular complexity index is 978. The topological polar surface area (TPSA) is 91.2 Å². The quantitative estimate of drug-likeness (QED) is 0.665. The van der Waals surface area contributed by atoms with Crippen molar-refractivity contribution in [2.24, 2.45) is 11.8 Å². The van der Waals surface area contributed by atoms with Crippen molar-refractivity contribution in [1.82, 2.24) is 19.9 Å². The summed E-state index contributed by atoms with van der Waals surface area (Å²) in [5.74, 6) is 1.35. The average molecular weight is 428 g/mol. The molecule has 3 aromatic rings. The summed E-state index contributed by atoms with van der Waals surface area (Å²) < 4.78 is 0. The SMILES string of the molecule is O=C(c1csc(-c2cccs2)n1)N1C[C@H]2C[C@@H](Nc3cnccn3)[C@H](O)C[C@H]2C1. The lowest BCUT2D eigenvalue weighted by Gasteiger charge is -2.35. The Morgan fingerprint density at radius 2 is 2.07 bits per heavy atom. The number of fused-ring (bicyclic) bond motifs is 1. The molecule has 4 heterocycles. The van der Waals surface area contributed by atoms with Crippen molar-refractivity contribution in [2.45, 2.75) is 25.0 Å². The molecule has 7 nitrogen and oxygen atoms in total. The number of nitrogens with one attached hydrogen (secondary N) is 1. The zero-order valence-corrected chi connectivity index (χ0v) is 17.3. The number of thiazole rings is 1. The molecule has 4 atom stereocenters. The van der Waals surface area contributed by atoms with Crippen LogP contribution in [0.25, 0.3) is 9.88 Å². The van der Waals surface area contributed by atoms with Gasteiger partial charge < -0.3 is 15.3 Å². The van der Waals surface area contributed by atoms with E-state index in [1.165, 1.54) is 11.3 Å². The number of hydrogen-bond acceptors (Lipinski definition) is 8. The number of rotatable bonds is 4. The van der Waals surface area contributed by atoms with E-state index in [4.69, 9.17) is 0 Å². The Balaban J connectivity index is 1.25. The zero-order valence-electron chi connectivity index (χ0n) is 15.6. The van der Waals surface area contributed by atoms with Gasteiger partial charge in [-0.3, -0.25) is 9.78 Å². The lowest BCUT2D eigenvalue weighted by molar-refractivity contribution is 0.0726. The molecule has 1 saturated carbocycles. The fourth-order valence-electron chi connectivity index (χ4n) is 4.36. The first kappa shape index (κ1) is 18.7. The van der Waals surface area contributed by atoms with Gasteiger partial charge in [0.25, 0.3) is 5.91 Å². The van der Waals surface area contributed by atoms with Gasteiger partial charge in [-0.25, -0.2) is 9.97 Å². The third-order valence-corrected chi connectivity index (χ3v) is 7.66. The largest absolute Gasteiger partial charge is 0.391 e. The number of amides is 1. The van der Waals surface area contributed by atoms with Crippen molar-refractivity contribution in [2.75, 3.05) is 18.4 Å². The van der Waals surface area contributed by atoms with Crippen LogP contribution in [0.5, 0.6) is 0 Å². The van der Waals surface area contributed by atoms with E-state index >= 15 is 0 Å². The van der Waals surface area contributed by atoms with Crippen molar-refractivity contribution in [3.8, 4) is 9.88 Å². The molecule has 0 unspecified atom stereocenters. The second-order valence-electron chi connectivity index (χ2n) is 7.63. The summed E-state index contributed by atoms with van der Waals surface area (Å²) in [6.45, 7) is 1.39. The van der Waals surface area contributed by atoms with Crippen LogP contribution in [0.4, 0.5) is 5.82 Å². The van der Waals surface area contributed by atoms with Gasteiger partial charge in [-0.05, 0) is 36.1 Å². The maximum Gasteiger partial charge on any atom is 0.273 e. The zero-order chi connectivity index (χ0) is 19.8. The van der Waals surface area contributed by atoms with Gasteiger partial charge in [0.1, 0.15) is 16.5 Å². The highest BCUT2D eigenvalue weighted by molar-refractivity contribution is 7.20. The van der Waals surface area contributed by atoms with E-state index in [0.29, 0.717) is 42.9 Å². The fourth-order valence-corrected chi connectivity index (χ4v) is 5.97. The van der Waals surface area contributed by atoms with Crippen molar-refractivity contribution in [3.63, 3.8) is 0 Å². The minimum Gasteiger partial charge on any atom is -0.391 e. The first-order valence-corrected chi connectivity index (χ1v) is 11.4. The van der Waals surface area contributed by atoms with E-state index in [-0.39, 0.29) is 11.9 Å². The number of aliphatic hydroxyl groups is 1. The van der Waals surface area contributed by atoms with E-state index in [1.807, 2.05) is 27.8 Å². The van der Waals surface area contributed by atoms with Gasteiger partial charge in [-0.15, -0.1) is 22.7 Å². The van der Waals surface area contributed by atoms with Crippen LogP contribution < -0.4 is 5.32 Å². The Morgan fingerprint density at radius 1 is 1.21 bits per heavy atom. The van der Waals surface area contributed by atoms with Crippen LogP contribution in [0.15, 0.2) is 41.5 Å². The number of aliphatic hydroxyl groups excluding tert-OH is 1. The van der Waals surface area contributed by atoms with Gasteiger partial charge in [0, 0.05) is 30.9 Å². The molecule has 2 aliphatic rings. The van der Waals surface area contributed by atoms with Crippen LogP contribution in [0.3, 0.4) is 0 Å². The minimum absolute atomic E-state index is 0.00798. The van der Waals surface area contributed by atoms with Gasteiger partial charge in [0.2, 0.25) is 0 Å². The molecule has 1 aliphatic heterocycles. The molecule has 0 aromatic carbocycles. The molecule has 29 heavy (non-hydrogen) atoms. The smallest absolute Gasteiger partial charge is 0.273 e. The standard InChI is InChI=1S/C20H21N5O2S2/c26-16-7-13-10-25(9-12(13)6-14(16)23-18-8-21-3-4-22-18)20(27)15-11-29-19(24-15)17-2-1-5-28-17/h1-5,8,11-14,16,26H,6-7,9-10H2,(H,22,23)/t12-,13+,14-,16-/m1/s1. The van der Waals surface area contributed by atoms with E-state index in [9.17, 15) is 9.90 Å². The molecule has 5 rings (SSSR count). The van der Waals surface area contributed by atoms with Crippen molar-refractivity contribution in [3.05, 3.63) is 47.2 Å². The highest BCUT2D eigenvalue weighted by atomic mass is 32.1. The highest BCUT2D eigenvalue weighted by Gasteiger charge is 2.43. The van der Waals surface area contributed by atoms with E-state index in [2.05, 4.69) is 20.3 Å². The van der Waals surface area contributed by atoms with Crippen molar-refractivity contribution < 1.29 is 9.90 Å². The average Bonchev–Trinajstić information content (AvgIpc) is 3.48. The van der Waals surface area contributed by atoms with Crippen LogP contribution in [0, 0.1) is 11.8 Å². The summed E-state index contributed by atoms with van der Waals surface area (Å²) in [7, 11) is 0. The van der Waals surface area contributed by atoms with E-state index in [1.54, 1.807) is 29.9 Å². The molecule has 150 valence electrons. The van der Waals surface area contributed by atoms with E-state index in [0.717, 1.165) is 16.3 Å². The molecule has 2 N–H and O–H groups in total. The molecule has 0 bridgehead atoms. The lowest BCUT2D eigenvalue weighted by atomic mass is 9.77. The second kappa shape index (κ2) is 7.81.